The topological polar surface area (TPSA) is 73.2 Å². The first-order valence-electron chi connectivity index (χ1n) is 8.60. The van der Waals surface area contributed by atoms with Gasteiger partial charge in [-0.15, -0.1) is 11.3 Å². The van der Waals surface area contributed by atoms with Crippen molar-refractivity contribution in [2.75, 3.05) is 12.5 Å². The summed E-state index contributed by atoms with van der Waals surface area (Å²) in [4.78, 5) is 31.6. The number of hydrogen-bond acceptors (Lipinski definition) is 5. The van der Waals surface area contributed by atoms with Crippen LogP contribution in [-0.4, -0.2) is 22.7 Å². The molecule has 1 amide bonds. The molecule has 0 aliphatic heterocycles. The second-order valence-corrected chi connectivity index (χ2v) is 7.37. The van der Waals surface area contributed by atoms with E-state index in [4.69, 9.17) is 4.74 Å². The van der Waals surface area contributed by atoms with E-state index in [0.717, 1.165) is 20.7 Å². The van der Waals surface area contributed by atoms with Crippen LogP contribution >= 0.6 is 11.3 Å². The lowest BCUT2D eigenvalue weighted by Crippen LogP contribution is -2.33. The number of nitrogens with zero attached hydrogens (tertiary/aromatic N) is 2. The Bertz CT molecular complexity index is 1210. The lowest BCUT2D eigenvalue weighted by Gasteiger charge is -2.09. The van der Waals surface area contributed by atoms with Crippen molar-refractivity contribution >= 4 is 27.5 Å². The van der Waals surface area contributed by atoms with Crippen LogP contribution in [0.15, 0.2) is 65.7 Å². The highest BCUT2D eigenvalue weighted by molar-refractivity contribution is 7.19. The lowest BCUT2D eigenvalue weighted by atomic mass is 10.0. The van der Waals surface area contributed by atoms with Gasteiger partial charge in [-0.25, -0.2) is 9.66 Å². The van der Waals surface area contributed by atoms with Crippen LogP contribution in [0.3, 0.4) is 0 Å². The van der Waals surface area contributed by atoms with Crippen LogP contribution in [0.4, 0.5) is 0 Å². The highest BCUT2D eigenvalue weighted by Gasteiger charge is 2.17. The predicted octanol–water partition coefficient (Wildman–Crippen LogP) is 3.83. The van der Waals surface area contributed by atoms with E-state index < -0.39 is 5.91 Å². The summed E-state index contributed by atoms with van der Waals surface area (Å²) in [5.74, 6) is 0.247. The van der Waals surface area contributed by atoms with E-state index in [9.17, 15) is 9.59 Å². The number of methoxy groups -OCH3 is 1. The standard InChI is InChI=1S/C21H17N3O3S/c1-13-17(14-6-4-3-5-7-14)18-20(28-13)22-12-24(21(18)26)23-19(25)15-8-10-16(27-2)11-9-15/h3-12H,1-2H3,(H,23,25). The van der Waals surface area contributed by atoms with Crippen molar-refractivity contribution in [1.82, 2.24) is 9.66 Å². The Morgan fingerprint density at radius 2 is 1.82 bits per heavy atom. The van der Waals surface area contributed by atoms with Gasteiger partial charge in [-0.05, 0) is 36.8 Å². The summed E-state index contributed by atoms with van der Waals surface area (Å²) in [7, 11) is 1.56. The van der Waals surface area contributed by atoms with Crippen LogP contribution < -0.4 is 15.7 Å². The zero-order valence-electron chi connectivity index (χ0n) is 15.3. The van der Waals surface area contributed by atoms with Crippen molar-refractivity contribution < 1.29 is 9.53 Å². The Hall–Kier alpha value is -3.45. The summed E-state index contributed by atoms with van der Waals surface area (Å²) < 4.78 is 6.23. The molecule has 0 aliphatic rings. The maximum absolute atomic E-state index is 13.1. The van der Waals surface area contributed by atoms with Crippen LogP contribution in [0, 0.1) is 6.92 Å². The third-order valence-electron chi connectivity index (χ3n) is 4.43. The molecule has 0 fully saturated rings. The molecule has 7 heteroatoms. The molecule has 0 aliphatic carbocycles. The Kier molecular flexibility index (Phi) is 4.67. The molecule has 0 bridgehead atoms. The van der Waals surface area contributed by atoms with E-state index in [1.165, 1.54) is 17.7 Å². The summed E-state index contributed by atoms with van der Waals surface area (Å²) in [5, 5.41) is 0.506. The van der Waals surface area contributed by atoms with Gasteiger partial charge in [-0.2, -0.15) is 0 Å². The van der Waals surface area contributed by atoms with Gasteiger partial charge in [0.1, 0.15) is 16.9 Å². The molecule has 0 saturated heterocycles. The van der Waals surface area contributed by atoms with Gasteiger partial charge in [-0.3, -0.25) is 15.0 Å². The molecule has 2 aromatic carbocycles. The van der Waals surface area contributed by atoms with E-state index in [2.05, 4.69) is 10.4 Å². The normalized spacial score (nSPS) is 10.8. The molecule has 1 N–H and O–H groups in total. The fraction of sp³-hybridized carbons (Fsp3) is 0.0952. The van der Waals surface area contributed by atoms with Crippen molar-refractivity contribution in [2.24, 2.45) is 0 Å². The second kappa shape index (κ2) is 7.28. The van der Waals surface area contributed by atoms with E-state index in [-0.39, 0.29) is 5.56 Å². The number of rotatable bonds is 4. The number of aromatic nitrogens is 2. The number of nitrogens with one attached hydrogen (secondary N) is 1. The number of fused-ring (bicyclic) bond motifs is 1. The molecule has 0 spiro atoms. The molecule has 4 rings (SSSR count). The average molecular weight is 391 g/mol. The molecule has 2 heterocycles. The van der Waals surface area contributed by atoms with Crippen LogP contribution in [0.2, 0.25) is 0 Å². The highest BCUT2D eigenvalue weighted by atomic mass is 32.1. The molecule has 2 aromatic heterocycles. The van der Waals surface area contributed by atoms with E-state index >= 15 is 0 Å². The minimum Gasteiger partial charge on any atom is -0.497 e. The Labute approximate surface area is 165 Å². The Balaban J connectivity index is 1.75. The fourth-order valence-corrected chi connectivity index (χ4v) is 4.05. The number of aryl methyl sites for hydroxylation is 1. The monoisotopic (exact) mass is 391 g/mol. The van der Waals surface area contributed by atoms with Crippen molar-refractivity contribution in [3.05, 3.63) is 81.7 Å². The minimum atomic E-state index is -0.404. The van der Waals surface area contributed by atoms with Gasteiger partial charge in [0.25, 0.3) is 11.5 Å². The first kappa shape index (κ1) is 17.9. The largest absolute Gasteiger partial charge is 0.497 e. The third-order valence-corrected chi connectivity index (χ3v) is 5.44. The maximum atomic E-state index is 13.1. The van der Waals surface area contributed by atoms with Crippen molar-refractivity contribution in [3.8, 4) is 16.9 Å². The van der Waals surface area contributed by atoms with Crippen LogP contribution in [0.1, 0.15) is 15.2 Å². The van der Waals surface area contributed by atoms with Crippen molar-refractivity contribution in [1.29, 1.82) is 0 Å². The molecule has 140 valence electrons. The summed E-state index contributed by atoms with van der Waals surface area (Å²) >= 11 is 1.46. The highest BCUT2D eigenvalue weighted by Crippen LogP contribution is 2.35. The van der Waals surface area contributed by atoms with E-state index in [1.54, 1.807) is 31.4 Å². The molecular weight excluding hydrogens is 374 g/mol. The first-order chi connectivity index (χ1) is 13.6. The lowest BCUT2D eigenvalue weighted by molar-refractivity contribution is 0.101. The van der Waals surface area contributed by atoms with Gasteiger partial charge < -0.3 is 4.74 Å². The number of benzene rings is 2. The molecule has 0 radical (unpaired) electrons. The number of hydrogen-bond donors (Lipinski definition) is 1. The molecule has 0 saturated carbocycles. The number of carbonyl (C=O) groups is 1. The van der Waals surface area contributed by atoms with E-state index in [1.807, 2.05) is 37.3 Å². The minimum absolute atomic E-state index is 0.310. The first-order valence-corrected chi connectivity index (χ1v) is 9.41. The summed E-state index contributed by atoms with van der Waals surface area (Å²) in [6.07, 6.45) is 1.34. The summed E-state index contributed by atoms with van der Waals surface area (Å²) in [6, 6.07) is 16.4. The maximum Gasteiger partial charge on any atom is 0.281 e. The number of thiophene rings is 1. The molecule has 6 nitrogen and oxygen atoms in total. The summed E-state index contributed by atoms with van der Waals surface area (Å²) in [6.45, 7) is 1.97. The van der Waals surface area contributed by atoms with E-state index in [0.29, 0.717) is 21.5 Å². The zero-order chi connectivity index (χ0) is 19.7. The summed E-state index contributed by atoms with van der Waals surface area (Å²) in [5.41, 5.74) is 4.52. The molecule has 0 unspecified atom stereocenters. The Morgan fingerprint density at radius 1 is 1.11 bits per heavy atom. The van der Waals surface area contributed by atoms with Crippen LogP contribution in [0.25, 0.3) is 21.3 Å². The van der Waals surface area contributed by atoms with Gasteiger partial charge in [0, 0.05) is 16.0 Å². The number of carbonyl (C=O) groups excluding carboxylic acids is 1. The SMILES string of the molecule is COc1ccc(C(=O)Nn2cnc3sc(C)c(-c4ccccc4)c3c2=O)cc1. The third kappa shape index (κ3) is 3.16. The Morgan fingerprint density at radius 3 is 2.50 bits per heavy atom. The van der Waals surface area contributed by atoms with Crippen molar-refractivity contribution in [2.45, 2.75) is 6.92 Å². The molecule has 4 aromatic rings. The van der Waals surface area contributed by atoms with Crippen molar-refractivity contribution in [3.63, 3.8) is 0 Å². The molecule has 28 heavy (non-hydrogen) atoms. The van der Waals surface area contributed by atoms with Gasteiger partial charge in [0.05, 0.1) is 12.5 Å². The fourth-order valence-electron chi connectivity index (χ4n) is 3.05. The van der Waals surface area contributed by atoms with Gasteiger partial charge in [-0.1, -0.05) is 30.3 Å². The van der Waals surface area contributed by atoms with Crippen LogP contribution in [0.5, 0.6) is 5.75 Å². The smallest absolute Gasteiger partial charge is 0.281 e. The zero-order valence-corrected chi connectivity index (χ0v) is 16.1. The predicted molar refractivity (Wildman–Crippen MR) is 111 cm³/mol. The molecule has 0 atom stereocenters. The van der Waals surface area contributed by atoms with Gasteiger partial charge in [0.2, 0.25) is 0 Å². The second-order valence-electron chi connectivity index (χ2n) is 6.17. The average Bonchev–Trinajstić information content (AvgIpc) is 3.07. The van der Waals surface area contributed by atoms with Crippen LogP contribution in [-0.2, 0) is 0 Å². The number of ether oxygens (including phenoxy) is 1. The number of amides is 1. The molecular formula is C21H17N3O3S. The quantitative estimate of drug-likeness (QED) is 0.574. The van der Waals surface area contributed by atoms with Gasteiger partial charge >= 0.3 is 0 Å². The van der Waals surface area contributed by atoms with Gasteiger partial charge in [0.15, 0.2) is 0 Å².